The Kier molecular flexibility index (Phi) is 4.27. The van der Waals surface area contributed by atoms with Crippen molar-refractivity contribution in [3.05, 3.63) is 52.7 Å². The Hall–Kier alpha value is -1.72. The van der Waals surface area contributed by atoms with Crippen LogP contribution in [-0.4, -0.2) is 29.2 Å². The monoisotopic (exact) mass is 321 g/mol. The number of aromatic nitrogens is 2. The van der Waals surface area contributed by atoms with Gasteiger partial charge >= 0.3 is 0 Å². The second kappa shape index (κ2) is 6.18. The Balaban J connectivity index is 1.85. The van der Waals surface area contributed by atoms with Crippen LogP contribution in [-0.2, 0) is 4.74 Å². The van der Waals surface area contributed by atoms with Crippen molar-refractivity contribution in [2.45, 2.75) is 26.1 Å². The highest BCUT2D eigenvalue weighted by molar-refractivity contribution is 6.29. The first-order valence-corrected chi connectivity index (χ1v) is 7.56. The van der Waals surface area contributed by atoms with Gasteiger partial charge in [0.05, 0.1) is 6.10 Å². The molecular formula is C16H17ClFN3O. The van der Waals surface area contributed by atoms with Crippen LogP contribution in [0.2, 0.25) is 5.15 Å². The van der Waals surface area contributed by atoms with Crippen molar-refractivity contribution in [3.63, 3.8) is 0 Å². The van der Waals surface area contributed by atoms with E-state index in [9.17, 15) is 4.39 Å². The first-order chi connectivity index (χ1) is 10.5. The summed E-state index contributed by atoms with van der Waals surface area (Å²) in [4.78, 5) is 10.7. The van der Waals surface area contributed by atoms with Gasteiger partial charge in [-0.1, -0.05) is 23.7 Å². The Labute approximate surface area is 133 Å². The number of nitrogens with zero attached hydrogens (tertiary/aromatic N) is 3. The number of hydrogen-bond acceptors (Lipinski definition) is 4. The summed E-state index contributed by atoms with van der Waals surface area (Å²) in [7, 11) is 0. The number of morpholine rings is 1. The minimum Gasteiger partial charge on any atom is -0.367 e. The van der Waals surface area contributed by atoms with E-state index in [0.29, 0.717) is 17.5 Å². The Morgan fingerprint density at radius 1 is 1.23 bits per heavy atom. The molecule has 3 rings (SSSR count). The van der Waals surface area contributed by atoms with Gasteiger partial charge in [-0.25, -0.2) is 14.4 Å². The number of halogens is 2. The first-order valence-electron chi connectivity index (χ1n) is 7.18. The van der Waals surface area contributed by atoms with E-state index in [1.807, 2.05) is 13.8 Å². The summed E-state index contributed by atoms with van der Waals surface area (Å²) >= 11 is 6.03. The zero-order chi connectivity index (χ0) is 15.7. The normalized spacial score (nSPS) is 21.9. The second-order valence-electron chi connectivity index (χ2n) is 5.49. The number of anilines is 1. The van der Waals surface area contributed by atoms with E-state index < -0.39 is 0 Å². The SMILES string of the molecule is Cc1nc(Cl)cc(N2CC(C)OC(c3ccc(F)cc3)C2)n1. The van der Waals surface area contributed by atoms with Crippen molar-refractivity contribution < 1.29 is 9.13 Å². The number of aryl methyl sites for hydroxylation is 1. The van der Waals surface area contributed by atoms with E-state index in [1.165, 1.54) is 12.1 Å². The molecule has 0 amide bonds. The van der Waals surface area contributed by atoms with Gasteiger partial charge in [0.15, 0.2) is 0 Å². The van der Waals surface area contributed by atoms with Crippen LogP contribution in [0, 0.1) is 12.7 Å². The van der Waals surface area contributed by atoms with Gasteiger partial charge in [-0.2, -0.15) is 0 Å². The van der Waals surface area contributed by atoms with Crippen LogP contribution >= 0.6 is 11.6 Å². The average Bonchev–Trinajstić information content (AvgIpc) is 2.46. The van der Waals surface area contributed by atoms with Crippen LogP contribution in [0.15, 0.2) is 30.3 Å². The molecule has 22 heavy (non-hydrogen) atoms. The highest BCUT2D eigenvalue weighted by Crippen LogP contribution is 2.28. The third kappa shape index (κ3) is 3.36. The molecule has 2 unspecified atom stereocenters. The maximum Gasteiger partial charge on any atom is 0.134 e. The van der Waals surface area contributed by atoms with Crippen molar-refractivity contribution >= 4 is 17.4 Å². The van der Waals surface area contributed by atoms with E-state index in [4.69, 9.17) is 16.3 Å². The molecule has 1 saturated heterocycles. The Morgan fingerprint density at radius 2 is 1.95 bits per heavy atom. The zero-order valence-corrected chi connectivity index (χ0v) is 13.2. The molecular weight excluding hydrogens is 305 g/mol. The van der Waals surface area contributed by atoms with Crippen LogP contribution in [0.5, 0.6) is 0 Å². The largest absolute Gasteiger partial charge is 0.367 e. The lowest BCUT2D eigenvalue weighted by molar-refractivity contribution is -0.0176. The van der Waals surface area contributed by atoms with Gasteiger partial charge in [-0.05, 0) is 31.5 Å². The highest BCUT2D eigenvalue weighted by Gasteiger charge is 2.27. The summed E-state index contributed by atoms with van der Waals surface area (Å²) in [6, 6.07) is 8.18. The summed E-state index contributed by atoms with van der Waals surface area (Å²) in [5.74, 6) is 1.18. The molecule has 1 aromatic heterocycles. The maximum atomic E-state index is 13.1. The fraction of sp³-hybridized carbons (Fsp3) is 0.375. The molecule has 1 fully saturated rings. The van der Waals surface area contributed by atoms with E-state index in [1.54, 1.807) is 18.2 Å². The fourth-order valence-corrected chi connectivity index (χ4v) is 2.90. The number of ether oxygens (including phenoxy) is 1. The van der Waals surface area contributed by atoms with Gasteiger partial charge < -0.3 is 9.64 Å². The van der Waals surface area contributed by atoms with Crippen LogP contribution in [0.4, 0.5) is 10.2 Å². The van der Waals surface area contributed by atoms with Crippen molar-refractivity contribution in [2.24, 2.45) is 0 Å². The molecule has 2 heterocycles. The fourth-order valence-electron chi connectivity index (χ4n) is 2.68. The molecule has 1 aliphatic rings. The van der Waals surface area contributed by atoms with E-state index in [2.05, 4.69) is 14.9 Å². The quantitative estimate of drug-likeness (QED) is 0.793. The molecule has 1 aromatic carbocycles. The molecule has 0 bridgehead atoms. The van der Waals surface area contributed by atoms with Crippen LogP contribution in [0.3, 0.4) is 0 Å². The number of rotatable bonds is 2. The lowest BCUT2D eigenvalue weighted by Crippen LogP contribution is -2.43. The Bertz CT molecular complexity index is 645. The van der Waals surface area contributed by atoms with Crippen LogP contribution in [0.25, 0.3) is 0 Å². The third-order valence-corrected chi connectivity index (χ3v) is 3.81. The standard InChI is InChI=1S/C16H17ClFN3O/c1-10-8-21(16-7-15(17)19-11(2)20-16)9-14(22-10)12-3-5-13(18)6-4-12/h3-7,10,14H,8-9H2,1-2H3. The zero-order valence-electron chi connectivity index (χ0n) is 12.5. The molecule has 0 aliphatic carbocycles. The second-order valence-corrected chi connectivity index (χ2v) is 5.88. The maximum absolute atomic E-state index is 13.1. The van der Waals surface area contributed by atoms with Gasteiger partial charge in [-0.3, -0.25) is 0 Å². The molecule has 6 heteroatoms. The van der Waals surface area contributed by atoms with Gasteiger partial charge in [-0.15, -0.1) is 0 Å². The predicted octanol–water partition coefficient (Wildman–Crippen LogP) is 3.54. The molecule has 0 N–H and O–H groups in total. The molecule has 0 radical (unpaired) electrons. The van der Waals surface area contributed by atoms with Gasteiger partial charge in [0.2, 0.25) is 0 Å². The topological polar surface area (TPSA) is 38.2 Å². The minimum absolute atomic E-state index is 0.0397. The van der Waals surface area contributed by atoms with Crippen molar-refractivity contribution in [1.29, 1.82) is 0 Å². The molecule has 0 saturated carbocycles. The summed E-state index contributed by atoms with van der Waals surface area (Å²) in [6.07, 6.45) is -0.0868. The number of benzene rings is 1. The molecule has 2 atom stereocenters. The molecule has 2 aromatic rings. The summed E-state index contributed by atoms with van der Waals surface area (Å²) in [5.41, 5.74) is 0.954. The molecule has 0 spiro atoms. The summed E-state index contributed by atoms with van der Waals surface area (Å²) in [5, 5.41) is 0.431. The van der Waals surface area contributed by atoms with Crippen LogP contribution in [0.1, 0.15) is 24.4 Å². The molecule has 116 valence electrons. The predicted molar refractivity (Wildman–Crippen MR) is 83.7 cm³/mol. The summed E-state index contributed by atoms with van der Waals surface area (Å²) in [6.45, 7) is 5.20. The Morgan fingerprint density at radius 3 is 2.64 bits per heavy atom. The van der Waals surface area contributed by atoms with Crippen molar-refractivity contribution in [1.82, 2.24) is 9.97 Å². The third-order valence-electron chi connectivity index (χ3n) is 3.62. The lowest BCUT2D eigenvalue weighted by Gasteiger charge is -2.37. The van der Waals surface area contributed by atoms with Gasteiger partial charge in [0.25, 0.3) is 0 Å². The van der Waals surface area contributed by atoms with E-state index >= 15 is 0 Å². The average molecular weight is 322 g/mol. The lowest BCUT2D eigenvalue weighted by atomic mass is 10.1. The highest BCUT2D eigenvalue weighted by atomic mass is 35.5. The number of hydrogen-bond donors (Lipinski definition) is 0. The summed E-state index contributed by atoms with van der Waals surface area (Å²) < 4.78 is 19.1. The van der Waals surface area contributed by atoms with Gasteiger partial charge in [0, 0.05) is 19.2 Å². The molecule has 4 nitrogen and oxygen atoms in total. The van der Waals surface area contributed by atoms with Crippen molar-refractivity contribution in [2.75, 3.05) is 18.0 Å². The van der Waals surface area contributed by atoms with Gasteiger partial charge in [0.1, 0.15) is 28.7 Å². The van der Waals surface area contributed by atoms with E-state index in [0.717, 1.165) is 17.9 Å². The molecule has 1 aliphatic heterocycles. The first kappa shape index (κ1) is 15.2. The van der Waals surface area contributed by atoms with Crippen LogP contribution < -0.4 is 4.90 Å². The minimum atomic E-state index is -0.248. The van der Waals surface area contributed by atoms with E-state index in [-0.39, 0.29) is 18.0 Å². The smallest absolute Gasteiger partial charge is 0.134 e. The van der Waals surface area contributed by atoms with Crippen molar-refractivity contribution in [3.8, 4) is 0 Å².